The smallest absolute Gasteiger partial charge is 0.326 e. The number of amides is 1. The fraction of sp³-hybridized carbons (Fsp3) is 0.467. The molecule has 0 aliphatic rings. The van der Waals surface area contributed by atoms with Gasteiger partial charge in [0.1, 0.15) is 6.04 Å². The Balaban J connectivity index is 2.32. The molecule has 0 fully saturated rings. The van der Waals surface area contributed by atoms with E-state index in [0.717, 1.165) is 10.6 Å². The number of rotatable bonds is 9. The van der Waals surface area contributed by atoms with Crippen molar-refractivity contribution in [2.45, 2.75) is 30.7 Å². The largest absolute Gasteiger partial charge is 0.480 e. The van der Waals surface area contributed by atoms with Gasteiger partial charge in [0.15, 0.2) is 0 Å². The number of carbonyl (C=O) groups excluding carboxylic acids is 1. The van der Waals surface area contributed by atoms with Crippen LogP contribution in [0.3, 0.4) is 0 Å². The Morgan fingerprint density at radius 2 is 1.90 bits per heavy atom. The summed E-state index contributed by atoms with van der Waals surface area (Å²) in [5, 5.41) is 11.6. The third kappa shape index (κ3) is 7.43. The lowest BCUT2D eigenvalue weighted by molar-refractivity contribution is -0.141. The lowest BCUT2D eigenvalue weighted by Gasteiger charge is -2.13. The Hall–Kier alpha value is -1.14. The van der Waals surface area contributed by atoms with Crippen LogP contribution in [0.15, 0.2) is 29.2 Å². The molecule has 1 amide bonds. The maximum absolute atomic E-state index is 11.8. The Kier molecular flexibility index (Phi) is 8.30. The molecule has 6 heteroatoms. The molecule has 0 saturated heterocycles. The first-order valence-electron chi connectivity index (χ1n) is 6.73. The van der Waals surface area contributed by atoms with E-state index in [0.29, 0.717) is 18.6 Å². The summed E-state index contributed by atoms with van der Waals surface area (Å²) >= 11 is 3.17. The first kappa shape index (κ1) is 17.9. The average Bonchev–Trinajstić information content (AvgIpc) is 2.45. The Bertz CT molecular complexity index is 462. The van der Waals surface area contributed by atoms with E-state index in [1.807, 2.05) is 37.4 Å². The molecule has 0 saturated carbocycles. The lowest BCUT2D eigenvalue weighted by atomic mass is 10.2. The quantitative estimate of drug-likeness (QED) is 0.683. The van der Waals surface area contributed by atoms with Crippen molar-refractivity contribution in [2.75, 3.05) is 17.8 Å². The second kappa shape index (κ2) is 9.73. The highest BCUT2D eigenvalue weighted by Gasteiger charge is 2.18. The van der Waals surface area contributed by atoms with Crippen molar-refractivity contribution in [3.05, 3.63) is 29.8 Å². The van der Waals surface area contributed by atoms with E-state index in [4.69, 9.17) is 5.11 Å². The van der Waals surface area contributed by atoms with Crippen molar-refractivity contribution < 1.29 is 14.7 Å². The highest BCUT2D eigenvalue weighted by molar-refractivity contribution is 7.99. The van der Waals surface area contributed by atoms with Crippen LogP contribution < -0.4 is 5.32 Å². The van der Waals surface area contributed by atoms with Crippen LogP contribution in [0.25, 0.3) is 0 Å². The first-order chi connectivity index (χ1) is 10.0. The van der Waals surface area contributed by atoms with Crippen molar-refractivity contribution in [3.8, 4) is 0 Å². The molecule has 21 heavy (non-hydrogen) atoms. The van der Waals surface area contributed by atoms with Crippen LogP contribution >= 0.6 is 23.5 Å². The van der Waals surface area contributed by atoms with E-state index in [9.17, 15) is 9.59 Å². The SMILES string of the molecule is CSCCC(NC(=O)CCSc1ccc(C)cc1)C(=O)O. The zero-order valence-corrected chi connectivity index (χ0v) is 13.9. The molecule has 0 spiro atoms. The van der Waals surface area contributed by atoms with Crippen LogP contribution in [0.4, 0.5) is 0 Å². The summed E-state index contributed by atoms with van der Waals surface area (Å²) in [6.07, 6.45) is 2.69. The number of carboxylic acid groups (broad SMARTS) is 1. The van der Waals surface area contributed by atoms with Crippen LogP contribution in [-0.4, -0.2) is 40.8 Å². The highest BCUT2D eigenvalue weighted by Crippen LogP contribution is 2.18. The molecule has 0 aliphatic heterocycles. The maximum Gasteiger partial charge on any atom is 0.326 e. The fourth-order valence-corrected chi connectivity index (χ4v) is 2.98. The van der Waals surface area contributed by atoms with Crippen molar-refractivity contribution in [1.29, 1.82) is 0 Å². The number of aryl methyl sites for hydroxylation is 1. The van der Waals surface area contributed by atoms with Gasteiger partial charge in [-0.15, -0.1) is 11.8 Å². The van der Waals surface area contributed by atoms with E-state index in [1.54, 1.807) is 23.5 Å². The van der Waals surface area contributed by atoms with E-state index in [-0.39, 0.29) is 5.91 Å². The number of nitrogens with one attached hydrogen (secondary N) is 1. The first-order valence-corrected chi connectivity index (χ1v) is 9.11. The van der Waals surface area contributed by atoms with Gasteiger partial charge in [-0.25, -0.2) is 4.79 Å². The van der Waals surface area contributed by atoms with Gasteiger partial charge in [-0.2, -0.15) is 11.8 Å². The number of benzene rings is 1. The van der Waals surface area contributed by atoms with E-state index in [2.05, 4.69) is 5.32 Å². The van der Waals surface area contributed by atoms with E-state index < -0.39 is 12.0 Å². The Morgan fingerprint density at radius 3 is 2.48 bits per heavy atom. The van der Waals surface area contributed by atoms with Crippen LogP contribution in [-0.2, 0) is 9.59 Å². The molecule has 1 rings (SSSR count). The molecule has 116 valence electrons. The molecule has 4 nitrogen and oxygen atoms in total. The topological polar surface area (TPSA) is 66.4 Å². The number of carboxylic acids is 1. The van der Waals surface area contributed by atoms with Crippen molar-refractivity contribution in [3.63, 3.8) is 0 Å². The third-order valence-electron chi connectivity index (χ3n) is 2.86. The molecule has 1 atom stereocenters. The fourth-order valence-electron chi connectivity index (χ4n) is 1.66. The zero-order chi connectivity index (χ0) is 15.7. The van der Waals surface area contributed by atoms with Gasteiger partial charge < -0.3 is 10.4 Å². The molecule has 0 bridgehead atoms. The summed E-state index contributed by atoms with van der Waals surface area (Å²) in [6.45, 7) is 2.03. The zero-order valence-electron chi connectivity index (χ0n) is 12.3. The van der Waals surface area contributed by atoms with Gasteiger partial charge in [-0.1, -0.05) is 17.7 Å². The molecular formula is C15H21NO3S2. The maximum atomic E-state index is 11.8. The molecule has 0 heterocycles. The predicted molar refractivity (Wildman–Crippen MR) is 89.1 cm³/mol. The molecule has 2 N–H and O–H groups in total. The van der Waals surface area contributed by atoms with Crippen LogP contribution in [0.1, 0.15) is 18.4 Å². The van der Waals surface area contributed by atoms with E-state index in [1.165, 1.54) is 5.56 Å². The Labute approximate surface area is 134 Å². The summed E-state index contributed by atoms with van der Waals surface area (Å²) in [5.74, 6) is 0.186. The Morgan fingerprint density at radius 1 is 1.24 bits per heavy atom. The number of carbonyl (C=O) groups is 2. The lowest BCUT2D eigenvalue weighted by Crippen LogP contribution is -2.41. The predicted octanol–water partition coefficient (Wildman–Crippen LogP) is 2.80. The van der Waals surface area contributed by atoms with Gasteiger partial charge in [0.2, 0.25) is 5.91 Å². The molecular weight excluding hydrogens is 306 g/mol. The minimum absolute atomic E-state index is 0.205. The number of hydrogen-bond acceptors (Lipinski definition) is 4. The van der Waals surface area contributed by atoms with Gasteiger partial charge in [0, 0.05) is 17.1 Å². The monoisotopic (exact) mass is 327 g/mol. The van der Waals surface area contributed by atoms with Gasteiger partial charge in [0.05, 0.1) is 0 Å². The second-order valence-electron chi connectivity index (χ2n) is 4.65. The normalized spacial score (nSPS) is 11.9. The molecule has 0 radical (unpaired) electrons. The van der Waals surface area contributed by atoms with Gasteiger partial charge in [-0.3, -0.25) is 4.79 Å². The number of aliphatic carboxylic acids is 1. The number of thioether (sulfide) groups is 2. The highest BCUT2D eigenvalue weighted by atomic mass is 32.2. The summed E-state index contributed by atoms with van der Waals surface area (Å²) in [6, 6.07) is 7.33. The summed E-state index contributed by atoms with van der Waals surface area (Å²) in [5.41, 5.74) is 1.20. The van der Waals surface area contributed by atoms with Crippen LogP contribution in [0, 0.1) is 6.92 Å². The van der Waals surface area contributed by atoms with Crippen LogP contribution in [0.5, 0.6) is 0 Å². The van der Waals surface area contributed by atoms with Crippen LogP contribution in [0.2, 0.25) is 0 Å². The van der Waals surface area contributed by atoms with Crippen molar-refractivity contribution in [1.82, 2.24) is 5.32 Å². The van der Waals surface area contributed by atoms with E-state index >= 15 is 0 Å². The van der Waals surface area contributed by atoms with Gasteiger partial charge in [0.25, 0.3) is 0 Å². The van der Waals surface area contributed by atoms with Crippen molar-refractivity contribution in [2.24, 2.45) is 0 Å². The third-order valence-corrected chi connectivity index (χ3v) is 4.52. The summed E-state index contributed by atoms with van der Waals surface area (Å²) < 4.78 is 0. The minimum atomic E-state index is -0.969. The molecule has 0 aliphatic carbocycles. The molecule has 1 aromatic carbocycles. The van der Waals surface area contributed by atoms with Gasteiger partial charge in [-0.05, 0) is 37.5 Å². The molecule has 1 unspecified atom stereocenters. The molecule has 0 aromatic heterocycles. The number of hydrogen-bond donors (Lipinski definition) is 2. The summed E-state index contributed by atoms with van der Waals surface area (Å²) in [4.78, 5) is 23.9. The second-order valence-corrected chi connectivity index (χ2v) is 6.81. The average molecular weight is 327 g/mol. The molecule has 1 aromatic rings. The standard InChI is InChI=1S/C15H21NO3S2/c1-11-3-5-12(6-4-11)21-10-8-14(17)16-13(15(18)19)7-9-20-2/h3-6,13H,7-10H2,1-2H3,(H,16,17)(H,18,19). The summed E-state index contributed by atoms with van der Waals surface area (Å²) in [7, 11) is 0. The van der Waals surface area contributed by atoms with Gasteiger partial charge >= 0.3 is 5.97 Å². The van der Waals surface area contributed by atoms with Crippen molar-refractivity contribution >= 4 is 35.4 Å². The minimum Gasteiger partial charge on any atom is -0.480 e.